The molecule has 3 heteroatoms. The number of nitrogens with zero attached hydrogens (tertiary/aromatic N) is 1. The van der Waals surface area contributed by atoms with Crippen LogP contribution in [0.15, 0.2) is 53.5 Å². The highest BCUT2D eigenvalue weighted by Gasteiger charge is 1.91. The molecule has 0 bridgehead atoms. The third kappa shape index (κ3) is 2.67. The molecule has 0 heterocycles. The molecule has 2 nitrogen and oxygen atoms in total. The molecule has 0 aliphatic rings. The number of aliphatic imine (C=N–C) groups is 1. The zero-order chi connectivity index (χ0) is 11.4. The lowest BCUT2D eigenvalue weighted by Gasteiger charge is -1.95. The van der Waals surface area contributed by atoms with Crippen molar-refractivity contribution in [3.05, 3.63) is 59.9 Å². The number of nitrogen functional groups attached to an aromatic ring is 1. The summed E-state index contributed by atoms with van der Waals surface area (Å²) in [6.45, 7) is 0. The van der Waals surface area contributed by atoms with Crippen LogP contribution in [-0.4, -0.2) is 6.21 Å². The molecule has 0 fully saturated rings. The molecule has 2 aromatic rings. The molecule has 0 aliphatic carbocycles. The Hall–Kier alpha value is -2.16. The summed E-state index contributed by atoms with van der Waals surface area (Å²) in [7, 11) is 0. The van der Waals surface area contributed by atoms with Crippen LogP contribution in [0.4, 0.5) is 15.8 Å². The van der Waals surface area contributed by atoms with Crippen molar-refractivity contribution in [3.63, 3.8) is 0 Å². The molecule has 0 radical (unpaired) electrons. The molecular formula is C13H11FN2. The van der Waals surface area contributed by atoms with Gasteiger partial charge < -0.3 is 5.73 Å². The smallest absolute Gasteiger partial charge is 0.123 e. The Balaban J connectivity index is 2.15. The van der Waals surface area contributed by atoms with E-state index < -0.39 is 0 Å². The number of halogens is 1. The van der Waals surface area contributed by atoms with Crippen LogP contribution in [0, 0.1) is 5.82 Å². The Kier molecular flexibility index (Phi) is 2.96. The van der Waals surface area contributed by atoms with E-state index in [0.29, 0.717) is 5.69 Å². The molecule has 0 aliphatic heterocycles. The number of hydrogen-bond donors (Lipinski definition) is 1. The number of anilines is 1. The van der Waals surface area contributed by atoms with Crippen LogP contribution in [0.2, 0.25) is 0 Å². The van der Waals surface area contributed by atoms with Gasteiger partial charge in [-0.15, -0.1) is 0 Å². The second-order valence-corrected chi connectivity index (χ2v) is 3.40. The number of hydrogen-bond acceptors (Lipinski definition) is 2. The van der Waals surface area contributed by atoms with Gasteiger partial charge in [-0.2, -0.15) is 0 Å². The van der Waals surface area contributed by atoms with Crippen LogP contribution >= 0.6 is 0 Å². The van der Waals surface area contributed by atoms with Gasteiger partial charge in [-0.3, -0.25) is 4.99 Å². The van der Waals surface area contributed by atoms with Gasteiger partial charge in [0.15, 0.2) is 0 Å². The Morgan fingerprint density at radius 1 is 0.938 bits per heavy atom. The molecule has 2 rings (SSSR count). The first-order valence-corrected chi connectivity index (χ1v) is 4.89. The third-order valence-corrected chi connectivity index (χ3v) is 2.13. The molecule has 0 saturated heterocycles. The fraction of sp³-hybridized carbons (Fsp3) is 0. The summed E-state index contributed by atoms with van der Waals surface area (Å²) in [6.07, 6.45) is 1.69. The predicted octanol–water partition coefficient (Wildman–Crippen LogP) is 3.16. The van der Waals surface area contributed by atoms with Gasteiger partial charge in [0, 0.05) is 11.9 Å². The lowest BCUT2D eigenvalue weighted by Crippen LogP contribution is -1.82. The topological polar surface area (TPSA) is 38.4 Å². The first-order valence-electron chi connectivity index (χ1n) is 4.89. The highest BCUT2D eigenvalue weighted by Crippen LogP contribution is 2.13. The SMILES string of the molecule is Nc1ccc(/N=C/c2ccc([18F])cc2)cc1. The van der Waals surface area contributed by atoms with E-state index in [9.17, 15) is 4.39 Å². The second-order valence-electron chi connectivity index (χ2n) is 3.40. The van der Waals surface area contributed by atoms with Crippen molar-refractivity contribution in [1.29, 1.82) is 0 Å². The van der Waals surface area contributed by atoms with Crippen LogP contribution < -0.4 is 5.73 Å². The van der Waals surface area contributed by atoms with Crippen molar-refractivity contribution < 1.29 is 4.39 Å². The standard InChI is InChI=1S/C13H11FN2/c14-11-3-1-10(2-4-11)9-16-13-7-5-12(15)6-8-13/h1-9H,15H2/b16-9+/i14-1. The summed E-state index contributed by atoms with van der Waals surface area (Å²) in [4.78, 5) is 4.24. The van der Waals surface area contributed by atoms with E-state index in [0.717, 1.165) is 11.3 Å². The van der Waals surface area contributed by atoms with Gasteiger partial charge in [0.25, 0.3) is 0 Å². The number of nitrogens with two attached hydrogens (primary N) is 1. The number of benzene rings is 2. The molecule has 80 valence electrons. The molecule has 0 aromatic heterocycles. The average molecular weight is 213 g/mol. The zero-order valence-corrected chi connectivity index (χ0v) is 8.60. The quantitative estimate of drug-likeness (QED) is 0.604. The van der Waals surface area contributed by atoms with Gasteiger partial charge in [-0.05, 0) is 42.0 Å². The fourth-order valence-corrected chi connectivity index (χ4v) is 1.26. The van der Waals surface area contributed by atoms with E-state index in [-0.39, 0.29) is 5.82 Å². The summed E-state index contributed by atoms with van der Waals surface area (Å²) in [5.74, 6) is -0.246. The van der Waals surface area contributed by atoms with Crippen LogP contribution in [-0.2, 0) is 0 Å². The highest BCUT2D eigenvalue weighted by molar-refractivity contribution is 5.81. The van der Waals surface area contributed by atoms with E-state index in [1.807, 2.05) is 12.1 Å². The highest BCUT2D eigenvalue weighted by atomic mass is 18.2. The molecule has 2 N–H and O–H groups in total. The minimum atomic E-state index is -0.246. The van der Waals surface area contributed by atoms with Gasteiger partial charge >= 0.3 is 0 Å². The van der Waals surface area contributed by atoms with E-state index in [2.05, 4.69) is 4.99 Å². The van der Waals surface area contributed by atoms with Gasteiger partial charge in [0.2, 0.25) is 0 Å². The van der Waals surface area contributed by atoms with Gasteiger partial charge in [-0.1, -0.05) is 12.1 Å². The lowest BCUT2D eigenvalue weighted by molar-refractivity contribution is 0.628. The minimum absolute atomic E-state index is 0.246. The molecular weight excluding hydrogens is 202 g/mol. The normalized spacial score (nSPS) is 10.8. The van der Waals surface area contributed by atoms with E-state index in [4.69, 9.17) is 5.73 Å². The van der Waals surface area contributed by atoms with Crippen molar-refractivity contribution in [1.82, 2.24) is 0 Å². The Morgan fingerprint density at radius 3 is 2.19 bits per heavy atom. The molecule has 0 atom stereocenters. The predicted molar refractivity (Wildman–Crippen MR) is 64.5 cm³/mol. The fourth-order valence-electron chi connectivity index (χ4n) is 1.26. The molecule has 0 saturated carbocycles. The largest absolute Gasteiger partial charge is 0.399 e. The molecule has 0 amide bonds. The van der Waals surface area contributed by atoms with Gasteiger partial charge in [0.05, 0.1) is 5.69 Å². The Bertz CT molecular complexity index is 439. The van der Waals surface area contributed by atoms with E-state index >= 15 is 0 Å². The van der Waals surface area contributed by atoms with Crippen LogP contribution in [0.1, 0.15) is 5.56 Å². The molecule has 0 unspecified atom stereocenters. The lowest BCUT2D eigenvalue weighted by atomic mass is 10.2. The molecule has 2 aromatic carbocycles. The maximum atomic E-state index is 12.6. The van der Waals surface area contributed by atoms with Crippen molar-refractivity contribution in [3.8, 4) is 0 Å². The summed E-state index contributed by atoms with van der Waals surface area (Å²) >= 11 is 0. The molecule has 16 heavy (non-hydrogen) atoms. The van der Waals surface area contributed by atoms with Crippen molar-refractivity contribution >= 4 is 17.6 Å². The maximum Gasteiger partial charge on any atom is 0.123 e. The van der Waals surface area contributed by atoms with Crippen molar-refractivity contribution in [2.24, 2.45) is 4.99 Å². The first kappa shape index (κ1) is 10.4. The average Bonchev–Trinajstić information content (AvgIpc) is 2.30. The molecule has 0 spiro atoms. The Morgan fingerprint density at radius 2 is 1.56 bits per heavy atom. The zero-order valence-electron chi connectivity index (χ0n) is 8.60. The Labute approximate surface area is 93.3 Å². The summed E-state index contributed by atoms with van der Waals surface area (Å²) in [6, 6.07) is 13.4. The van der Waals surface area contributed by atoms with Crippen LogP contribution in [0.3, 0.4) is 0 Å². The first-order chi connectivity index (χ1) is 7.74. The second kappa shape index (κ2) is 4.57. The van der Waals surface area contributed by atoms with Crippen LogP contribution in [0.5, 0.6) is 0 Å². The van der Waals surface area contributed by atoms with Gasteiger partial charge in [-0.25, -0.2) is 4.39 Å². The van der Waals surface area contributed by atoms with Crippen molar-refractivity contribution in [2.75, 3.05) is 5.73 Å². The number of rotatable bonds is 2. The summed E-state index contributed by atoms with van der Waals surface area (Å²) in [5, 5.41) is 0. The summed E-state index contributed by atoms with van der Waals surface area (Å²) < 4.78 is 12.6. The third-order valence-electron chi connectivity index (χ3n) is 2.13. The van der Waals surface area contributed by atoms with Crippen LogP contribution in [0.25, 0.3) is 0 Å². The summed E-state index contributed by atoms with van der Waals surface area (Å²) in [5.41, 5.74) is 7.94. The maximum absolute atomic E-state index is 12.6. The van der Waals surface area contributed by atoms with Gasteiger partial charge in [0.1, 0.15) is 5.82 Å². The van der Waals surface area contributed by atoms with Crippen molar-refractivity contribution in [2.45, 2.75) is 0 Å². The minimum Gasteiger partial charge on any atom is -0.399 e. The van der Waals surface area contributed by atoms with E-state index in [1.54, 1.807) is 30.5 Å². The van der Waals surface area contributed by atoms with E-state index in [1.165, 1.54) is 12.1 Å². The monoisotopic (exact) mass is 213 g/mol.